The van der Waals surface area contributed by atoms with Crippen molar-refractivity contribution >= 4 is 0 Å². The third-order valence-electron chi connectivity index (χ3n) is 2.47. The van der Waals surface area contributed by atoms with Crippen LogP contribution in [0.2, 0.25) is 0 Å². The van der Waals surface area contributed by atoms with Gasteiger partial charge in [0.1, 0.15) is 0 Å². The van der Waals surface area contributed by atoms with E-state index >= 15 is 0 Å². The fourth-order valence-electron chi connectivity index (χ4n) is 1.52. The molecule has 5 nitrogen and oxygen atoms in total. The molecule has 0 aliphatic rings. The zero-order valence-corrected chi connectivity index (χ0v) is 11.8. The zero-order chi connectivity index (χ0) is 13.9. The Labute approximate surface area is 113 Å². The summed E-state index contributed by atoms with van der Waals surface area (Å²) < 4.78 is 5.59. The Balaban J connectivity index is 2.02. The van der Waals surface area contributed by atoms with E-state index in [0.29, 0.717) is 18.3 Å². The Morgan fingerprint density at radius 1 is 1.26 bits per heavy atom. The highest BCUT2D eigenvalue weighted by molar-refractivity contribution is 5.22. The lowest BCUT2D eigenvalue weighted by molar-refractivity contribution is 0.413. The van der Waals surface area contributed by atoms with Crippen molar-refractivity contribution in [3.63, 3.8) is 0 Å². The van der Waals surface area contributed by atoms with Gasteiger partial charge in [-0.3, -0.25) is 5.10 Å². The van der Waals surface area contributed by atoms with E-state index in [4.69, 9.17) is 4.74 Å². The molecule has 0 unspecified atom stereocenters. The molecule has 0 saturated heterocycles. The maximum absolute atomic E-state index is 5.59. The van der Waals surface area contributed by atoms with E-state index in [1.165, 1.54) is 0 Å². The molecule has 2 aromatic rings. The van der Waals surface area contributed by atoms with Gasteiger partial charge in [-0.15, -0.1) is 5.10 Å². The molecule has 5 heteroatoms. The van der Waals surface area contributed by atoms with Crippen molar-refractivity contribution in [2.24, 2.45) is 0 Å². The Bertz CT molecular complexity index is 542. The van der Waals surface area contributed by atoms with Crippen molar-refractivity contribution in [2.45, 2.75) is 39.8 Å². The molecule has 0 spiro atoms. The number of aromatic amines is 1. The van der Waals surface area contributed by atoms with Gasteiger partial charge in [0.25, 0.3) is 0 Å². The molecule has 2 heterocycles. The first-order valence-electron chi connectivity index (χ1n) is 6.33. The van der Waals surface area contributed by atoms with Crippen LogP contribution in [0.5, 0.6) is 11.8 Å². The normalized spacial score (nSPS) is 11.6. The van der Waals surface area contributed by atoms with Crippen LogP contribution < -0.4 is 10.1 Å². The number of nitrogens with zero attached hydrogens (tertiary/aromatic N) is 2. The quantitative estimate of drug-likeness (QED) is 0.887. The van der Waals surface area contributed by atoms with E-state index in [-0.39, 0.29) is 5.54 Å². The monoisotopic (exact) mass is 260 g/mol. The van der Waals surface area contributed by atoms with Crippen molar-refractivity contribution in [3.8, 4) is 11.8 Å². The van der Waals surface area contributed by atoms with E-state index in [0.717, 1.165) is 11.4 Å². The molecule has 19 heavy (non-hydrogen) atoms. The molecule has 0 atom stereocenters. The van der Waals surface area contributed by atoms with E-state index in [1.807, 2.05) is 31.2 Å². The summed E-state index contributed by atoms with van der Waals surface area (Å²) >= 11 is 0. The van der Waals surface area contributed by atoms with Crippen LogP contribution in [0.15, 0.2) is 24.3 Å². The van der Waals surface area contributed by atoms with Gasteiger partial charge in [0.05, 0.1) is 5.69 Å². The lowest BCUT2D eigenvalue weighted by atomic mass is 10.1. The van der Waals surface area contributed by atoms with Crippen LogP contribution in [0.25, 0.3) is 0 Å². The van der Waals surface area contributed by atoms with Gasteiger partial charge in [0, 0.05) is 29.9 Å². The first-order valence-corrected chi connectivity index (χ1v) is 6.33. The molecule has 0 aliphatic heterocycles. The predicted octanol–water partition coefficient (Wildman–Crippen LogP) is 2.79. The number of rotatable bonds is 4. The summed E-state index contributed by atoms with van der Waals surface area (Å²) in [6.07, 6.45) is 0. The number of aryl methyl sites for hydroxylation is 1. The Hall–Kier alpha value is -1.88. The SMILES string of the molecule is Cc1cc(Oc2cccc(CNC(C)(C)C)n2)n[nH]1. The molecular weight excluding hydrogens is 240 g/mol. The molecule has 102 valence electrons. The second-order valence-electron chi connectivity index (χ2n) is 5.56. The van der Waals surface area contributed by atoms with E-state index < -0.39 is 0 Å². The highest BCUT2D eigenvalue weighted by atomic mass is 16.5. The third kappa shape index (κ3) is 4.37. The summed E-state index contributed by atoms with van der Waals surface area (Å²) in [6, 6.07) is 7.56. The van der Waals surface area contributed by atoms with Gasteiger partial charge in [-0.1, -0.05) is 6.07 Å². The van der Waals surface area contributed by atoms with Gasteiger partial charge < -0.3 is 10.1 Å². The predicted molar refractivity (Wildman–Crippen MR) is 74.2 cm³/mol. The molecule has 0 saturated carbocycles. The highest BCUT2D eigenvalue weighted by Crippen LogP contribution is 2.17. The molecule has 2 aromatic heterocycles. The van der Waals surface area contributed by atoms with Gasteiger partial charge in [0.15, 0.2) is 0 Å². The maximum Gasteiger partial charge on any atom is 0.240 e. The van der Waals surface area contributed by atoms with Crippen molar-refractivity contribution in [2.75, 3.05) is 0 Å². The van der Waals surface area contributed by atoms with E-state index in [9.17, 15) is 0 Å². The number of hydrogen-bond donors (Lipinski definition) is 2. The average Bonchev–Trinajstić information content (AvgIpc) is 2.72. The lowest BCUT2D eigenvalue weighted by Gasteiger charge is -2.20. The minimum absolute atomic E-state index is 0.0673. The second kappa shape index (κ2) is 5.40. The first-order chi connectivity index (χ1) is 8.92. The maximum atomic E-state index is 5.59. The smallest absolute Gasteiger partial charge is 0.240 e. The number of aromatic nitrogens is 3. The summed E-state index contributed by atoms with van der Waals surface area (Å²) in [5.74, 6) is 1.09. The highest BCUT2D eigenvalue weighted by Gasteiger charge is 2.09. The number of hydrogen-bond acceptors (Lipinski definition) is 4. The Kier molecular flexibility index (Phi) is 3.85. The van der Waals surface area contributed by atoms with Gasteiger partial charge in [-0.2, -0.15) is 0 Å². The Morgan fingerprint density at radius 2 is 2.05 bits per heavy atom. The van der Waals surface area contributed by atoms with Crippen LogP contribution in [0.3, 0.4) is 0 Å². The average molecular weight is 260 g/mol. The number of H-pyrrole nitrogens is 1. The summed E-state index contributed by atoms with van der Waals surface area (Å²) in [5.41, 5.74) is 1.97. The number of ether oxygens (including phenoxy) is 1. The summed E-state index contributed by atoms with van der Waals surface area (Å²) in [5, 5.41) is 10.3. The van der Waals surface area contributed by atoms with Crippen LogP contribution in [0.1, 0.15) is 32.2 Å². The molecule has 0 amide bonds. The van der Waals surface area contributed by atoms with E-state index in [2.05, 4.69) is 41.3 Å². The fourth-order valence-corrected chi connectivity index (χ4v) is 1.52. The molecule has 0 fully saturated rings. The topological polar surface area (TPSA) is 62.8 Å². The molecule has 0 aromatic carbocycles. The Morgan fingerprint density at radius 3 is 2.68 bits per heavy atom. The zero-order valence-electron chi connectivity index (χ0n) is 11.8. The molecule has 0 radical (unpaired) electrons. The van der Waals surface area contributed by atoms with Gasteiger partial charge >= 0.3 is 0 Å². The summed E-state index contributed by atoms with van der Waals surface area (Å²) in [6.45, 7) is 9.01. The van der Waals surface area contributed by atoms with Crippen LogP contribution in [-0.4, -0.2) is 20.7 Å². The minimum atomic E-state index is 0.0673. The largest absolute Gasteiger partial charge is 0.419 e. The van der Waals surface area contributed by atoms with Gasteiger partial charge in [-0.05, 0) is 33.8 Å². The molecule has 0 aliphatic carbocycles. The molecule has 0 bridgehead atoms. The lowest BCUT2D eigenvalue weighted by Crippen LogP contribution is -2.35. The van der Waals surface area contributed by atoms with Crippen molar-refractivity contribution < 1.29 is 4.74 Å². The molecular formula is C14H20N4O. The summed E-state index contributed by atoms with van der Waals surface area (Å²) in [4.78, 5) is 4.44. The van der Waals surface area contributed by atoms with E-state index in [1.54, 1.807) is 0 Å². The number of nitrogens with one attached hydrogen (secondary N) is 2. The minimum Gasteiger partial charge on any atom is -0.419 e. The van der Waals surface area contributed by atoms with Gasteiger partial charge in [-0.25, -0.2) is 4.98 Å². The summed E-state index contributed by atoms with van der Waals surface area (Å²) in [7, 11) is 0. The van der Waals surface area contributed by atoms with Crippen LogP contribution in [0, 0.1) is 6.92 Å². The molecule has 2 N–H and O–H groups in total. The van der Waals surface area contributed by atoms with Crippen LogP contribution in [0.4, 0.5) is 0 Å². The second-order valence-corrected chi connectivity index (χ2v) is 5.56. The molecule has 2 rings (SSSR count). The van der Waals surface area contributed by atoms with Crippen molar-refractivity contribution in [3.05, 3.63) is 35.7 Å². The fraction of sp³-hybridized carbons (Fsp3) is 0.429. The number of pyridine rings is 1. The first kappa shape index (κ1) is 13.5. The standard InChI is InChI=1S/C14H20N4O/c1-10-8-13(18-17-10)19-12-7-5-6-11(16-12)9-15-14(2,3)4/h5-8,15H,9H2,1-4H3,(H,17,18). The van der Waals surface area contributed by atoms with Crippen molar-refractivity contribution in [1.82, 2.24) is 20.5 Å². The van der Waals surface area contributed by atoms with Crippen molar-refractivity contribution in [1.29, 1.82) is 0 Å². The van der Waals surface area contributed by atoms with Crippen LogP contribution in [-0.2, 0) is 6.54 Å². The third-order valence-corrected chi connectivity index (χ3v) is 2.47. The van der Waals surface area contributed by atoms with Crippen LogP contribution >= 0.6 is 0 Å². The van der Waals surface area contributed by atoms with Gasteiger partial charge in [0.2, 0.25) is 11.8 Å².